The van der Waals surface area contributed by atoms with Gasteiger partial charge in [0.15, 0.2) is 0 Å². The summed E-state index contributed by atoms with van der Waals surface area (Å²) in [5, 5.41) is 8.78. The Balaban J connectivity index is 2.25. The van der Waals surface area contributed by atoms with E-state index in [1.54, 1.807) is 22.9 Å². The van der Waals surface area contributed by atoms with E-state index in [9.17, 15) is 9.18 Å². The molecule has 0 atom stereocenters. The summed E-state index contributed by atoms with van der Waals surface area (Å²) in [6.07, 6.45) is 3.17. The van der Waals surface area contributed by atoms with Crippen LogP contribution in [0.1, 0.15) is 15.9 Å². The van der Waals surface area contributed by atoms with E-state index in [1.807, 2.05) is 0 Å². The van der Waals surface area contributed by atoms with E-state index in [0.717, 1.165) is 5.56 Å². The van der Waals surface area contributed by atoms with E-state index in [2.05, 4.69) is 15.9 Å². The topological polar surface area (TPSA) is 42.2 Å². The van der Waals surface area contributed by atoms with Crippen molar-refractivity contribution in [3.8, 4) is 0 Å². The van der Waals surface area contributed by atoms with Gasteiger partial charge in [0.1, 0.15) is 5.82 Å². The van der Waals surface area contributed by atoms with E-state index >= 15 is 0 Å². The zero-order chi connectivity index (χ0) is 12.4. The van der Waals surface area contributed by atoms with Crippen molar-refractivity contribution in [2.45, 2.75) is 6.54 Å². The van der Waals surface area contributed by atoms with Gasteiger partial charge in [-0.15, -0.1) is 0 Å². The highest BCUT2D eigenvalue weighted by atomic mass is 79.9. The van der Waals surface area contributed by atoms with Gasteiger partial charge in [-0.05, 0) is 33.6 Å². The largest absolute Gasteiger partial charge is 0.478 e. The lowest BCUT2D eigenvalue weighted by molar-refractivity contribution is 0.0697. The smallest absolute Gasteiger partial charge is 0.337 e. The van der Waals surface area contributed by atoms with Gasteiger partial charge in [0.25, 0.3) is 0 Å². The van der Waals surface area contributed by atoms with Crippen LogP contribution in [0.25, 0.3) is 0 Å². The fourth-order valence-electron chi connectivity index (χ4n) is 1.53. The number of rotatable bonds is 3. The van der Waals surface area contributed by atoms with Crippen molar-refractivity contribution in [1.29, 1.82) is 0 Å². The van der Waals surface area contributed by atoms with Crippen molar-refractivity contribution >= 4 is 21.9 Å². The monoisotopic (exact) mass is 297 g/mol. The second-order valence-corrected chi connectivity index (χ2v) is 4.38. The third kappa shape index (κ3) is 2.55. The Hall–Kier alpha value is -1.62. The van der Waals surface area contributed by atoms with Crippen LogP contribution in [-0.2, 0) is 6.54 Å². The molecule has 17 heavy (non-hydrogen) atoms. The molecule has 3 nitrogen and oxygen atoms in total. The molecule has 0 saturated heterocycles. The van der Waals surface area contributed by atoms with E-state index in [0.29, 0.717) is 11.0 Å². The molecule has 2 rings (SSSR count). The lowest BCUT2D eigenvalue weighted by Gasteiger charge is -2.06. The van der Waals surface area contributed by atoms with Crippen molar-refractivity contribution in [3.63, 3.8) is 0 Å². The maximum absolute atomic E-state index is 13.3. The molecule has 0 aliphatic heterocycles. The Morgan fingerprint density at radius 1 is 1.41 bits per heavy atom. The third-order valence-corrected chi connectivity index (χ3v) is 3.27. The molecule has 0 unspecified atom stereocenters. The molecule has 1 heterocycles. The molecule has 1 aromatic heterocycles. The summed E-state index contributed by atoms with van der Waals surface area (Å²) in [5.41, 5.74) is 0.982. The van der Waals surface area contributed by atoms with E-state index in [-0.39, 0.29) is 11.4 Å². The van der Waals surface area contributed by atoms with Crippen molar-refractivity contribution in [1.82, 2.24) is 4.57 Å². The quantitative estimate of drug-likeness (QED) is 0.946. The SMILES string of the molecule is O=C(O)c1ccn(Cc2cccc(F)c2Br)c1. The number of halogens is 2. The van der Waals surface area contributed by atoms with Crippen molar-refractivity contribution in [2.24, 2.45) is 0 Å². The number of carboxylic acid groups (broad SMARTS) is 1. The fourth-order valence-corrected chi connectivity index (χ4v) is 1.92. The predicted octanol–water partition coefficient (Wildman–Crippen LogP) is 3.14. The second kappa shape index (κ2) is 4.71. The summed E-state index contributed by atoms with van der Waals surface area (Å²) in [7, 11) is 0. The number of aromatic carboxylic acids is 1. The van der Waals surface area contributed by atoms with E-state index in [4.69, 9.17) is 5.11 Å². The van der Waals surface area contributed by atoms with Crippen molar-refractivity contribution < 1.29 is 14.3 Å². The number of benzene rings is 1. The molecule has 0 amide bonds. The number of carbonyl (C=O) groups is 1. The summed E-state index contributed by atoms with van der Waals surface area (Å²) in [6, 6.07) is 6.28. The van der Waals surface area contributed by atoms with E-state index < -0.39 is 5.97 Å². The Labute approximate surface area is 106 Å². The molecule has 0 bridgehead atoms. The highest BCUT2D eigenvalue weighted by Crippen LogP contribution is 2.21. The lowest BCUT2D eigenvalue weighted by Crippen LogP contribution is -1.99. The van der Waals surface area contributed by atoms with Crippen LogP contribution in [0.2, 0.25) is 0 Å². The summed E-state index contributed by atoms with van der Waals surface area (Å²) in [5.74, 6) is -1.30. The highest BCUT2D eigenvalue weighted by Gasteiger charge is 2.08. The van der Waals surface area contributed by atoms with E-state index in [1.165, 1.54) is 18.3 Å². The maximum atomic E-state index is 13.3. The molecule has 0 aliphatic carbocycles. The summed E-state index contributed by atoms with van der Waals surface area (Å²) < 4.78 is 15.4. The Bertz CT molecular complexity index is 565. The van der Waals surface area contributed by atoms with Crippen LogP contribution in [0.5, 0.6) is 0 Å². The molecular weight excluding hydrogens is 289 g/mol. The molecule has 1 aromatic carbocycles. The van der Waals surface area contributed by atoms with Gasteiger partial charge in [0, 0.05) is 18.9 Å². The molecule has 0 aliphatic rings. The maximum Gasteiger partial charge on any atom is 0.337 e. The van der Waals surface area contributed by atoms with Crippen LogP contribution < -0.4 is 0 Å². The molecule has 5 heteroatoms. The van der Waals surface area contributed by atoms with Crippen molar-refractivity contribution in [2.75, 3.05) is 0 Å². The van der Waals surface area contributed by atoms with Crippen LogP contribution in [-0.4, -0.2) is 15.6 Å². The second-order valence-electron chi connectivity index (χ2n) is 3.59. The van der Waals surface area contributed by atoms with Crippen LogP contribution in [0.4, 0.5) is 4.39 Å². The van der Waals surface area contributed by atoms with Gasteiger partial charge in [0.05, 0.1) is 10.0 Å². The molecule has 1 N–H and O–H groups in total. The van der Waals surface area contributed by atoms with Crippen LogP contribution >= 0.6 is 15.9 Å². The van der Waals surface area contributed by atoms with Crippen molar-refractivity contribution in [3.05, 3.63) is 58.1 Å². The third-order valence-electron chi connectivity index (χ3n) is 2.38. The average molecular weight is 298 g/mol. The molecule has 0 spiro atoms. The predicted molar refractivity (Wildman–Crippen MR) is 64.6 cm³/mol. The number of aromatic nitrogens is 1. The normalized spacial score (nSPS) is 10.5. The molecule has 88 valence electrons. The minimum atomic E-state index is -0.970. The minimum Gasteiger partial charge on any atom is -0.478 e. The average Bonchev–Trinajstić information content (AvgIpc) is 2.73. The zero-order valence-electron chi connectivity index (χ0n) is 8.73. The standard InChI is InChI=1S/C12H9BrFNO2/c13-11-8(2-1-3-10(11)14)6-15-5-4-9(7-15)12(16)17/h1-5,7H,6H2,(H,16,17). The number of hydrogen-bond acceptors (Lipinski definition) is 1. The lowest BCUT2D eigenvalue weighted by atomic mass is 10.2. The minimum absolute atomic E-state index is 0.220. The summed E-state index contributed by atoms with van der Waals surface area (Å²) >= 11 is 3.17. The number of nitrogens with zero attached hydrogens (tertiary/aromatic N) is 1. The number of carboxylic acids is 1. The van der Waals surface area contributed by atoms with Gasteiger partial charge in [-0.3, -0.25) is 0 Å². The molecule has 0 fully saturated rings. The van der Waals surface area contributed by atoms with Crippen LogP contribution in [0.15, 0.2) is 41.1 Å². The Kier molecular flexibility index (Phi) is 3.28. The molecule has 0 radical (unpaired) electrons. The summed E-state index contributed by atoms with van der Waals surface area (Å²) in [4.78, 5) is 10.7. The van der Waals surface area contributed by atoms with Gasteiger partial charge in [-0.25, -0.2) is 9.18 Å². The van der Waals surface area contributed by atoms with Gasteiger partial charge in [-0.1, -0.05) is 12.1 Å². The van der Waals surface area contributed by atoms with Gasteiger partial charge in [0.2, 0.25) is 0 Å². The Morgan fingerprint density at radius 2 is 2.18 bits per heavy atom. The zero-order valence-corrected chi connectivity index (χ0v) is 10.3. The molecule has 2 aromatic rings. The van der Waals surface area contributed by atoms with Gasteiger partial charge < -0.3 is 9.67 Å². The first-order chi connectivity index (χ1) is 8.08. The highest BCUT2D eigenvalue weighted by molar-refractivity contribution is 9.10. The Morgan fingerprint density at radius 3 is 2.82 bits per heavy atom. The summed E-state index contributed by atoms with van der Waals surface area (Å²) in [6.45, 7) is 0.422. The van der Waals surface area contributed by atoms with Crippen LogP contribution in [0, 0.1) is 5.82 Å². The van der Waals surface area contributed by atoms with Crippen LogP contribution in [0.3, 0.4) is 0 Å². The number of hydrogen-bond donors (Lipinski definition) is 1. The first kappa shape index (κ1) is 11.9. The first-order valence-corrected chi connectivity index (χ1v) is 5.69. The fraction of sp³-hybridized carbons (Fsp3) is 0.0833. The van der Waals surface area contributed by atoms with Gasteiger partial charge in [-0.2, -0.15) is 0 Å². The molecule has 0 saturated carbocycles. The van der Waals surface area contributed by atoms with Gasteiger partial charge >= 0.3 is 5.97 Å². The molecular formula is C12H9BrFNO2. The first-order valence-electron chi connectivity index (χ1n) is 4.90.